The van der Waals surface area contributed by atoms with Gasteiger partial charge in [-0.2, -0.15) is 5.26 Å². The molecule has 0 spiro atoms. The maximum atomic E-state index is 9.54. The highest BCUT2D eigenvalue weighted by molar-refractivity contribution is 5.89. The first-order chi connectivity index (χ1) is 10.8. The number of nitrogens with zero attached hydrogens (tertiary/aromatic N) is 3. The highest BCUT2D eigenvalue weighted by Crippen LogP contribution is 2.33. The monoisotopic (exact) mass is 290 g/mol. The summed E-state index contributed by atoms with van der Waals surface area (Å²) in [6.07, 6.45) is 3.98. The number of nitriles is 1. The molecular weight excluding hydrogens is 276 g/mol. The fraction of sp³-hybridized carbons (Fsp3) is 0.188. The Hall–Kier alpha value is -3.07. The average Bonchev–Trinajstić information content (AvgIpc) is 3.25. The van der Waals surface area contributed by atoms with Crippen LogP contribution in [0.1, 0.15) is 18.5 Å². The average molecular weight is 290 g/mol. The summed E-state index contributed by atoms with van der Waals surface area (Å²) in [4.78, 5) is 8.66. The third-order valence-corrected chi connectivity index (χ3v) is 3.63. The van der Waals surface area contributed by atoms with Crippen LogP contribution in [-0.4, -0.2) is 16.0 Å². The van der Waals surface area contributed by atoms with Gasteiger partial charge in [0.15, 0.2) is 0 Å². The van der Waals surface area contributed by atoms with Crippen LogP contribution in [0.2, 0.25) is 0 Å². The minimum Gasteiger partial charge on any atom is -0.351 e. The molecule has 0 amide bonds. The van der Waals surface area contributed by atoms with Gasteiger partial charge in [0.1, 0.15) is 17.5 Å². The molecule has 2 aromatic rings. The molecule has 6 nitrogen and oxygen atoms in total. The number of nitrogens with one attached hydrogen (secondary N) is 3. The van der Waals surface area contributed by atoms with E-state index in [2.05, 4.69) is 32.0 Å². The van der Waals surface area contributed by atoms with Crippen LogP contribution >= 0.6 is 0 Å². The van der Waals surface area contributed by atoms with E-state index >= 15 is 0 Å². The van der Waals surface area contributed by atoms with E-state index in [0.717, 1.165) is 24.2 Å². The van der Waals surface area contributed by atoms with Crippen LogP contribution in [0.15, 0.2) is 42.3 Å². The Morgan fingerprint density at radius 3 is 2.55 bits per heavy atom. The highest BCUT2D eigenvalue weighted by atomic mass is 15.2. The van der Waals surface area contributed by atoms with Crippen LogP contribution in [0.4, 0.5) is 17.3 Å². The van der Waals surface area contributed by atoms with Gasteiger partial charge in [-0.15, -0.1) is 0 Å². The molecule has 4 rings (SSSR count). The molecule has 3 N–H and O–H groups in total. The smallest absolute Gasteiger partial charge is 0.223 e. The van der Waals surface area contributed by atoms with Crippen molar-refractivity contribution in [1.82, 2.24) is 9.97 Å². The van der Waals surface area contributed by atoms with Gasteiger partial charge in [-0.25, -0.2) is 9.97 Å². The Balaban J connectivity index is 1.68. The van der Waals surface area contributed by atoms with Crippen molar-refractivity contribution in [2.24, 2.45) is 0 Å². The SMILES string of the molecule is N#CC(=C1Nc2ccccc2N1)c1ccnc(NC2CC2)n1. The lowest BCUT2D eigenvalue weighted by atomic mass is 10.2. The molecule has 1 aliphatic heterocycles. The molecule has 1 aromatic carbocycles. The standard InChI is InChI=1S/C16H14N6/c17-9-11(15-20-13-3-1-2-4-14(13)21-15)12-7-8-18-16(22-12)19-10-5-6-10/h1-4,7-8,10,20-21H,5-6H2,(H,18,19,22). The normalized spacial score (nSPS) is 15.3. The molecule has 0 bridgehead atoms. The summed E-state index contributed by atoms with van der Waals surface area (Å²) in [6, 6.07) is 12.3. The Kier molecular flexibility index (Phi) is 2.90. The lowest BCUT2D eigenvalue weighted by Gasteiger charge is -2.07. The van der Waals surface area contributed by atoms with Crippen molar-refractivity contribution in [2.45, 2.75) is 18.9 Å². The van der Waals surface area contributed by atoms with Crippen LogP contribution in [0.5, 0.6) is 0 Å². The van der Waals surface area contributed by atoms with E-state index in [1.807, 2.05) is 24.3 Å². The van der Waals surface area contributed by atoms with Crippen LogP contribution in [0.3, 0.4) is 0 Å². The first-order valence-electron chi connectivity index (χ1n) is 7.21. The highest BCUT2D eigenvalue weighted by Gasteiger charge is 2.23. The number of benzene rings is 1. The zero-order valence-electron chi connectivity index (χ0n) is 11.8. The zero-order valence-corrected chi connectivity index (χ0v) is 11.8. The first-order valence-corrected chi connectivity index (χ1v) is 7.21. The molecule has 108 valence electrons. The molecule has 1 aliphatic carbocycles. The van der Waals surface area contributed by atoms with Crippen LogP contribution in [0.25, 0.3) is 5.57 Å². The molecular formula is C16H14N6. The van der Waals surface area contributed by atoms with E-state index in [1.54, 1.807) is 12.3 Å². The van der Waals surface area contributed by atoms with Crippen molar-refractivity contribution in [1.29, 1.82) is 5.26 Å². The first kappa shape index (κ1) is 12.7. The molecule has 1 saturated carbocycles. The van der Waals surface area contributed by atoms with Crippen molar-refractivity contribution in [3.8, 4) is 6.07 Å². The molecule has 6 heteroatoms. The topological polar surface area (TPSA) is 85.7 Å². The molecule has 0 unspecified atom stereocenters. The van der Waals surface area contributed by atoms with Crippen molar-refractivity contribution < 1.29 is 0 Å². The molecule has 0 atom stereocenters. The molecule has 0 saturated heterocycles. The molecule has 0 radical (unpaired) electrons. The van der Waals surface area contributed by atoms with Crippen molar-refractivity contribution in [3.63, 3.8) is 0 Å². The third kappa shape index (κ3) is 2.33. The number of anilines is 3. The Morgan fingerprint density at radius 2 is 1.91 bits per heavy atom. The third-order valence-electron chi connectivity index (χ3n) is 3.63. The fourth-order valence-corrected chi connectivity index (χ4v) is 2.35. The number of para-hydroxylation sites is 2. The van der Waals surface area contributed by atoms with Gasteiger partial charge in [0.2, 0.25) is 5.95 Å². The minimum absolute atomic E-state index is 0.470. The lowest BCUT2D eigenvalue weighted by Crippen LogP contribution is -2.08. The maximum absolute atomic E-state index is 9.54. The fourth-order valence-electron chi connectivity index (χ4n) is 2.35. The summed E-state index contributed by atoms with van der Waals surface area (Å²) in [7, 11) is 0. The van der Waals surface area contributed by atoms with E-state index < -0.39 is 0 Å². The van der Waals surface area contributed by atoms with Gasteiger partial charge in [0, 0.05) is 12.2 Å². The second kappa shape index (κ2) is 5.04. The van der Waals surface area contributed by atoms with Gasteiger partial charge in [-0.05, 0) is 31.0 Å². The Bertz CT molecular complexity index is 773. The van der Waals surface area contributed by atoms with E-state index in [1.165, 1.54) is 0 Å². The predicted molar refractivity (Wildman–Crippen MR) is 84.9 cm³/mol. The van der Waals surface area contributed by atoms with E-state index in [-0.39, 0.29) is 0 Å². The maximum Gasteiger partial charge on any atom is 0.223 e. The van der Waals surface area contributed by atoms with Crippen molar-refractivity contribution in [2.75, 3.05) is 16.0 Å². The molecule has 1 fully saturated rings. The van der Waals surface area contributed by atoms with Gasteiger partial charge in [-0.1, -0.05) is 12.1 Å². The molecule has 1 aromatic heterocycles. The predicted octanol–water partition coefficient (Wildman–Crippen LogP) is 2.78. The Labute approximate surface area is 127 Å². The summed E-state index contributed by atoms with van der Waals surface area (Å²) in [5.41, 5.74) is 2.98. The quantitative estimate of drug-likeness (QED) is 0.754. The van der Waals surface area contributed by atoms with E-state index in [4.69, 9.17) is 0 Å². The van der Waals surface area contributed by atoms with Crippen LogP contribution in [-0.2, 0) is 0 Å². The summed E-state index contributed by atoms with van der Waals surface area (Å²) in [5, 5.41) is 19.2. The van der Waals surface area contributed by atoms with Gasteiger partial charge in [-0.3, -0.25) is 0 Å². The minimum atomic E-state index is 0.470. The number of aromatic nitrogens is 2. The summed E-state index contributed by atoms with van der Waals surface area (Å²) >= 11 is 0. The second-order valence-corrected chi connectivity index (χ2v) is 5.34. The number of hydrogen-bond donors (Lipinski definition) is 3. The largest absolute Gasteiger partial charge is 0.351 e. The van der Waals surface area contributed by atoms with Gasteiger partial charge in [0.25, 0.3) is 0 Å². The van der Waals surface area contributed by atoms with E-state index in [0.29, 0.717) is 29.1 Å². The van der Waals surface area contributed by atoms with Gasteiger partial charge >= 0.3 is 0 Å². The zero-order chi connectivity index (χ0) is 14.9. The molecule has 2 aliphatic rings. The number of rotatable bonds is 3. The van der Waals surface area contributed by atoms with E-state index in [9.17, 15) is 5.26 Å². The number of fused-ring (bicyclic) bond motifs is 1. The summed E-state index contributed by atoms with van der Waals surface area (Å²) in [5.74, 6) is 1.23. The molecule has 2 heterocycles. The van der Waals surface area contributed by atoms with Crippen LogP contribution in [0, 0.1) is 11.3 Å². The summed E-state index contributed by atoms with van der Waals surface area (Å²) < 4.78 is 0. The van der Waals surface area contributed by atoms with Crippen molar-refractivity contribution in [3.05, 3.63) is 48.0 Å². The van der Waals surface area contributed by atoms with Crippen LogP contribution < -0.4 is 16.0 Å². The van der Waals surface area contributed by atoms with Gasteiger partial charge < -0.3 is 16.0 Å². The van der Waals surface area contributed by atoms with Crippen molar-refractivity contribution >= 4 is 22.9 Å². The lowest BCUT2D eigenvalue weighted by molar-refractivity contribution is 1.04. The molecule has 22 heavy (non-hydrogen) atoms. The Morgan fingerprint density at radius 1 is 1.18 bits per heavy atom. The summed E-state index contributed by atoms with van der Waals surface area (Å²) in [6.45, 7) is 0. The second-order valence-electron chi connectivity index (χ2n) is 5.34. The van der Waals surface area contributed by atoms with Gasteiger partial charge in [0.05, 0.1) is 17.1 Å². The number of allylic oxidation sites excluding steroid dienone is 1. The number of hydrogen-bond acceptors (Lipinski definition) is 6.